The molecule has 39 heavy (non-hydrogen) atoms. The molecule has 1 aliphatic heterocycles. The van der Waals surface area contributed by atoms with Gasteiger partial charge in [0.1, 0.15) is 11.6 Å². The lowest BCUT2D eigenvalue weighted by molar-refractivity contribution is -0.137. The fourth-order valence-corrected chi connectivity index (χ4v) is 6.89. The zero-order valence-electron chi connectivity index (χ0n) is 23.6. The number of fused-ring (bicyclic) bond motifs is 1. The highest BCUT2D eigenvalue weighted by Crippen LogP contribution is 2.41. The Balaban J connectivity index is 1.75. The van der Waals surface area contributed by atoms with Gasteiger partial charge in [-0.3, -0.25) is 9.69 Å². The Hall–Kier alpha value is -2.34. The van der Waals surface area contributed by atoms with Crippen molar-refractivity contribution in [1.82, 2.24) is 14.5 Å². The van der Waals surface area contributed by atoms with E-state index in [9.17, 15) is 31.2 Å². The number of alkyl halides is 3. The van der Waals surface area contributed by atoms with Crippen LogP contribution in [0.1, 0.15) is 66.4 Å². The molecule has 0 bridgehead atoms. The van der Waals surface area contributed by atoms with Gasteiger partial charge < -0.3 is 10.1 Å². The number of halogens is 3. The molecule has 1 aromatic rings. The Kier molecular flexibility index (Phi) is 8.73. The van der Waals surface area contributed by atoms with E-state index in [0.717, 1.165) is 12.1 Å². The van der Waals surface area contributed by atoms with E-state index in [1.807, 2.05) is 20.8 Å². The Morgan fingerprint density at radius 1 is 1.10 bits per heavy atom. The second kappa shape index (κ2) is 10.9. The SMILES string of the molecule is CN(C(=O)OC(C)(C)C)[C@@H](CC(C)(C)C)C(=O)N[C@H]1CC[C@@H]2CN(S(=O)(=O)c3cccc(C(F)(F)F)c3)C[C@@H]21. The zero-order chi connectivity index (χ0) is 29.6. The maximum atomic E-state index is 13.5. The van der Waals surface area contributed by atoms with Crippen molar-refractivity contribution in [3.05, 3.63) is 29.8 Å². The molecule has 1 saturated heterocycles. The molecular weight excluding hydrogens is 535 g/mol. The molecule has 2 fully saturated rings. The van der Waals surface area contributed by atoms with Gasteiger partial charge >= 0.3 is 12.3 Å². The lowest BCUT2D eigenvalue weighted by atomic mass is 9.87. The quantitative estimate of drug-likeness (QED) is 0.521. The standard InChI is InChI=1S/C27H40F3N3O5S/c1-25(2,3)14-22(32(7)24(35)38-26(4,5)6)23(34)31-21-12-11-17-15-33(16-20(17)21)39(36,37)19-10-8-9-18(13-19)27(28,29)30/h8-10,13,17,20-22H,11-12,14-16H2,1-7H3,(H,31,34)/t17-,20+,21+,22+/m1/s1. The number of nitrogens with one attached hydrogen (secondary N) is 1. The molecule has 0 spiro atoms. The number of hydrogen-bond donors (Lipinski definition) is 1. The summed E-state index contributed by atoms with van der Waals surface area (Å²) in [6.07, 6.45) is -3.56. The van der Waals surface area contributed by atoms with Crippen molar-refractivity contribution in [2.24, 2.45) is 17.3 Å². The molecular formula is C27H40F3N3O5S. The van der Waals surface area contributed by atoms with Crippen LogP contribution in [0.2, 0.25) is 0 Å². The van der Waals surface area contributed by atoms with Gasteiger partial charge in [0.2, 0.25) is 15.9 Å². The van der Waals surface area contributed by atoms with Gasteiger partial charge in [0.15, 0.2) is 0 Å². The Morgan fingerprint density at radius 2 is 1.74 bits per heavy atom. The number of ether oxygens (including phenoxy) is 1. The van der Waals surface area contributed by atoms with Crippen molar-refractivity contribution in [2.45, 2.75) is 89.6 Å². The maximum absolute atomic E-state index is 13.5. The van der Waals surface area contributed by atoms with E-state index in [1.165, 1.54) is 22.3 Å². The summed E-state index contributed by atoms with van der Waals surface area (Å²) in [5.41, 5.74) is -2.03. The largest absolute Gasteiger partial charge is 0.444 e. The van der Waals surface area contributed by atoms with Gasteiger partial charge in [0.05, 0.1) is 10.5 Å². The monoisotopic (exact) mass is 575 g/mol. The molecule has 8 nitrogen and oxygen atoms in total. The van der Waals surface area contributed by atoms with E-state index in [4.69, 9.17) is 4.74 Å². The summed E-state index contributed by atoms with van der Waals surface area (Å²) in [7, 11) is -2.62. The Labute approximate surface area is 229 Å². The first-order chi connectivity index (χ1) is 17.7. The molecule has 1 N–H and O–H groups in total. The smallest absolute Gasteiger partial charge is 0.416 e. The van der Waals surface area contributed by atoms with Crippen LogP contribution < -0.4 is 5.32 Å². The third-order valence-corrected chi connectivity index (χ3v) is 9.04. The number of sulfonamides is 1. The third kappa shape index (κ3) is 7.65. The number of nitrogens with zero attached hydrogens (tertiary/aromatic N) is 2. The molecule has 2 aliphatic rings. The highest BCUT2D eigenvalue weighted by molar-refractivity contribution is 7.89. The number of amides is 2. The Morgan fingerprint density at radius 3 is 2.31 bits per heavy atom. The topological polar surface area (TPSA) is 96.0 Å². The van der Waals surface area contributed by atoms with Crippen LogP contribution in [0, 0.1) is 17.3 Å². The molecule has 12 heteroatoms. The molecule has 1 saturated carbocycles. The molecule has 0 aromatic heterocycles. The highest BCUT2D eigenvalue weighted by Gasteiger charge is 2.48. The first-order valence-electron chi connectivity index (χ1n) is 13.1. The molecule has 2 amide bonds. The van der Waals surface area contributed by atoms with Gasteiger partial charge in [-0.2, -0.15) is 17.5 Å². The van der Waals surface area contributed by atoms with Gasteiger partial charge in [-0.05, 0) is 75.5 Å². The molecule has 0 radical (unpaired) electrons. The fraction of sp³-hybridized carbons (Fsp3) is 0.704. The van der Waals surface area contributed by atoms with Crippen molar-refractivity contribution in [1.29, 1.82) is 0 Å². The van der Waals surface area contributed by atoms with Crippen LogP contribution in [0.25, 0.3) is 0 Å². The molecule has 1 aliphatic carbocycles. The van der Waals surface area contributed by atoms with E-state index in [0.29, 0.717) is 25.3 Å². The minimum absolute atomic E-state index is 0.0273. The van der Waals surface area contributed by atoms with Crippen LogP contribution in [0.4, 0.5) is 18.0 Å². The molecule has 4 atom stereocenters. The maximum Gasteiger partial charge on any atom is 0.416 e. The van der Waals surface area contributed by atoms with Gasteiger partial charge in [0.25, 0.3) is 0 Å². The molecule has 1 aromatic carbocycles. The predicted octanol–water partition coefficient (Wildman–Crippen LogP) is 4.89. The molecule has 1 heterocycles. The minimum atomic E-state index is -4.65. The van der Waals surface area contributed by atoms with Crippen molar-refractivity contribution in [3.63, 3.8) is 0 Å². The molecule has 220 valence electrons. The minimum Gasteiger partial charge on any atom is -0.444 e. The van der Waals surface area contributed by atoms with Gasteiger partial charge in [-0.1, -0.05) is 26.8 Å². The van der Waals surface area contributed by atoms with Crippen LogP contribution in [-0.4, -0.2) is 67.4 Å². The first-order valence-corrected chi connectivity index (χ1v) is 14.6. The molecule has 3 rings (SSSR count). The summed E-state index contributed by atoms with van der Waals surface area (Å²) < 4.78 is 72.7. The first kappa shape index (κ1) is 31.2. The summed E-state index contributed by atoms with van der Waals surface area (Å²) in [6.45, 7) is 11.4. The lowest BCUT2D eigenvalue weighted by Crippen LogP contribution is -2.53. The van der Waals surface area contributed by atoms with Crippen molar-refractivity contribution in [2.75, 3.05) is 20.1 Å². The predicted molar refractivity (Wildman–Crippen MR) is 140 cm³/mol. The van der Waals surface area contributed by atoms with E-state index >= 15 is 0 Å². The number of carbonyl (C=O) groups excluding carboxylic acids is 2. The van der Waals surface area contributed by atoms with Crippen LogP contribution in [0.3, 0.4) is 0 Å². The van der Waals surface area contributed by atoms with E-state index < -0.39 is 44.4 Å². The second-order valence-corrected chi connectivity index (χ2v) is 14.8. The third-order valence-electron chi connectivity index (χ3n) is 7.21. The van der Waals surface area contributed by atoms with Crippen molar-refractivity contribution >= 4 is 22.0 Å². The fourth-order valence-electron chi connectivity index (χ4n) is 5.31. The van der Waals surface area contributed by atoms with Crippen LogP contribution >= 0.6 is 0 Å². The lowest BCUT2D eigenvalue weighted by Gasteiger charge is -2.34. The van der Waals surface area contributed by atoms with E-state index in [-0.39, 0.29) is 42.3 Å². The second-order valence-electron chi connectivity index (χ2n) is 12.8. The van der Waals surface area contributed by atoms with Crippen LogP contribution in [0.15, 0.2) is 29.2 Å². The summed E-state index contributed by atoms with van der Waals surface area (Å²) in [5, 5.41) is 3.05. The average molecular weight is 576 g/mol. The van der Waals surface area contributed by atoms with Gasteiger partial charge in [0, 0.05) is 26.2 Å². The summed E-state index contributed by atoms with van der Waals surface area (Å²) in [6, 6.07) is 2.63. The number of carbonyl (C=O) groups is 2. The normalized spacial score (nSPS) is 23.3. The Bertz CT molecular complexity index is 1170. The van der Waals surface area contributed by atoms with Crippen molar-refractivity contribution in [3.8, 4) is 0 Å². The summed E-state index contributed by atoms with van der Waals surface area (Å²) in [5.74, 6) is -0.555. The highest BCUT2D eigenvalue weighted by atomic mass is 32.2. The molecule has 0 unspecified atom stereocenters. The van der Waals surface area contributed by atoms with Crippen LogP contribution in [0.5, 0.6) is 0 Å². The summed E-state index contributed by atoms with van der Waals surface area (Å²) in [4.78, 5) is 27.2. The zero-order valence-corrected chi connectivity index (χ0v) is 24.4. The van der Waals surface area contributed by atoms with Crippen molar-refractivity contribution < 1.29 is 35.9 Å². The van der Waals surface area contributed by atoms with Crippen LogP contribution in [-0.2, 0) is 25.7 Å². The number of rotatable bonds is 6. The number of benzene rings is 1. The summed E-state index contributed by atoms with van der Waals surface area (Å²) >= 11 is 0. The average Bonchev–Trinajstić information content (AvgIpc) is 3.37. The van der Waals surface area contributed by atoms with Gasteiger partial charge in [-0.25, -0.2) is 13.2 Å². The van der Waals surface area contributed by atoms with E-state index in [2.05, 4.69) is 5.32 Å². The number of likely N-dealkylation sites (N-methyl/N-ethyl adjacent to an activating group) is 1. The van der Waals surface area contributed by atoms with E-state index in [1.54, 1.807) is 20.8 Å². The van der Waals surface area contributed by atoms with Gasteiger partial charge in [-0.15, -0.1) is 0 Å². The number of hydrogen-bond acceptors (Lipinski definition) is 5.